The summed E-state index contributed by atoms with van der Waals surface area (Å²) in [6.07, 6.45) is 6.98. The second kappa shape index (κ2) is 8.74. The van der Waals surface area contributed by atoms with Gasteiger partial charge in [-0.25, -0.2) is 0 Å². The molecule has 0 N–H and O–H groups in total. The van der Waals surface area contributed by atoms with E-state index in [0.717, 1.165) is 59.4 Å². The van der Waals surface area contributed by atoms with Crippen molar-refractivity contribution < 1.29 is 19.1 Å². The lowest BCUT2D eigenvalue weighted by Gasteiger charge is -2.42. The van der Waals surface area contributed by atoms with Gasteiger partial charge in [0.15, 0.2) is 23.1 Å². The summed E-state index contributed by atoms with van der Waals surface area (Å²) in [5, 5.41) is 0. The van der Waals surface area contributed by atoms with Gasteiger partial charge in [-0.3, -0.25) is 9.59 Å². The summed E-state index contributed by atoms with van der Waals surface area (Å²) >= 11 is 0. The van der Waals surface area contributed by atoms with Crippen LogP contribution in [0.4, 0.5) is 0 Å². The van der Waals surface area contributed by atoms with Crippen LogP contribution in [0, 0.1) is 0 Å². The Labute approximate surface area is 184 Å². The molecular formula is C26H31NO4. The SMILES string of the molecule is C=CCc1cc(C2C3=C(CCCC3=O)N(C)C3=C2C(=O)CCC3)cc(OCC)c1OC. The normalized spacial score (nSPS) is 19.4. The zero-order valence-electron chi connectivity index (χ0n) is 18.8. The van der Waals surface area contributed by atoms with E-state index in [0.29, 0.717) is 37.4 Å². The first-order valence-corrected chi connectivity index (χ1v) is 11.2. The van der Waals surface area contributed by atoms with Gasteiger partial charge in [-0.2, -0.15) is 0 Å². The number of ketones is 2. The van der Waals surface area contributed by atoms with E-state index in [1.165, 1.54) is 0 Å². The van der Waals surface area contributed by atoms with E-state index in [4.69, 9.17) is 9.47 Å². The predicted octanol–water partition coefficient (Wildman–Crippen LogP) is 4.87. The number of rotatable bonds is 6. The minimum atomic E-state index is -0.338. The monoisotopic (exact) mass is 421 g/mol. The molecular weight excluding hydrogens is 390 g/mol. The third-order valence-corrected chi connectivity index (χ3v) is 6.60. The fourth-order valence-electron chi connectivity index (χ4n) is 5.34. The van der Waals surface area contributed by atoms with Crippen molar-refractivity contribution in [3.05, 3.63) is 58.5 Å². The molecule has 0 bridgehead atoms. The van der Waals surface area contributed by atoms with Crippen LogP contribution in [0.2, 0.25) is 0 Å². The third kappa shape index (κ3) is 3.60. The maximum atomic E-state index is 13.2. The number of nitrogens with zero attached hydrogens (tertiary/aromatic N) is 1. The van der Waals surface area contributed by atoms with E-state index >= 15 is 0 Å². The lowest BCUT2D eigenvalue weighted by molar-refractivity contribution is -0.117. The first kappa shape index (κ1) is 21.4. The number of Topliss-reactive ketones (excluding diaryl/α,β-unsaturated/α-hetero) is 2. The topological polar surface area (TPSA) is 55.8 Å². The van der Waals surface area contributed by atoms with Crippen LogP contribution < -0.4 is 9.47 Å². The van der Waals surface area contributed by atoms with E-state index in [1.54, 1.807) is 7.11 Å². The lowest BCUT2D eigenvalue weighted by Crippen LogP contribution is -2.37. The molecule has 1 aromatic carbocycles. The summed E-state index contributed by atoms with van der Waals surface area (Å²) in [4.78, 5) is 28.5. The summed E-state index contributed by atoms with van der Waals surface area (Å²) in [6.45, 7) is 6.32. The highest BCUT2D eigenvalue weighted by Gasteiger charge is 2.42. The molecule has 5 heteroatoms. The number of hydrogen-bond donors (Lipinski definition) is 0. The zero-order valence-corrected chi connectivity index (χ0v) is 18.8. The van der Waals surface area contributed by atoms with Crippen LogP contribution in [0.15, 0.2) is 47.3 Å². The lowest BCUT2D eigenvalue weighted by atomic mass is 9.71. The Morgan fingerprint density at radius 1 is 1.06 bits per heavy atom. The van der Waals surface area contributed by atoms with E-state index in [-0.39, 0.29) is 17.5 Å². The van der Waals surface area contributed by atoms with Gasteiger partial charge in [-0.15, -0.1) is 6.58 Å². The molecule has 31 heavy (non-hydrogen) atoms. The van der Waals surface area contributed by atoms with E-state index in [1.807, 2.05) is 26.1 Å². The summed E-state index contributed by atoms with van der Waals surface area (Å²) in [5.74, 6) is 1.31. The van der Waals surface area contributed by atoms with E-state index in [9.17, 15) is 9.59 Å². The van der Waals surface area contributed by atoms with Gasteiger partial charge in [0.2, 0.25) is 0 Å². The summed E-state index contributed by atoms with van der Waals surface area (Å²) < 4.78 is 11.6. The highest BCUT2D eigenvalue weighted by atomic mass is 16.5. The van der Waals surface area contributed by atoms with Crippen LogP contribution in [-0.4, -0.2) is 37.2 Å². The number of methoxy groups -OCH3 is 1. The first-order chi connectivity index (χ1) is 15.0. The molecule has 0 aromatic heterocycles. The van der Waals surface area contributed by atoms with Gasteiger partial charge in [0.05, 0.1) is 13.7 Å². The Hall–Kier alpha value is -2.82. The van der Waals surface area contributed by atoms with Crippen molar-refractivity contribution in [1.29, 1.82) is 0 Å². The summed E-state index contributed by atoms with van der Waals surface area (Å²) in [7, 11) is 3.65. The molecule has 0 atom stereocenters. The number of benzene rings is 1. The van der Waals surface area contributed by atoms with Crippen molar-refractivity contribution in [2.24, 2.45) is 0 Å². The molecule has 0 radical (unpaired) electrons. The van der Waals surface area contributed by atoms with Crippen molar-refractivity contribution >= 4 is 11.6 Å². The molecule has 1 aromatic rings. The third-order valence-electron chi connectivity index (χ3n) is 6.60. The largest absolute Gasteiger partial charge is 0.493 e. The number of allylic oxidation sites excluding steroid dienone is 5. The van der Waals surface area contributed by atoms with Gasteiger partial charge >= 0.3 is 0 Å². The Morgan fingerprint density at radius 3 is 2.19 bits per heavy atom. The first-order valence-electron chi connectivity index (χ1n) is 11.2. The van der Waals surface area contributed by atoms with Crippen molar-refractivity contribution in [3.63, 3.8) is 0 Å². The summed E-state index contributed by atoms with van der Waals surface area (Å²) in [5.41, 5.74) is 5.62. The molecule has 164 valence electrons. The van der Waals surface area contributed by atoms with Gasteiger partial charge in [0, 0.05) is 53.9 Å². The van der Waals surface area contributed by atoms with Crippen LogP contribution in [0.25, 0.3) is 0 Å². The number of hydrogen-bond acceptors (Lipinski definition) is 5. The molecule has 0 saturated carbocycles. The molecule has 1 aliphatic heterocycles. The average Bonchev–Trinajstić information content (AvgIpc) is 2.75. The molecule has 4 rings (SSSR count). The second-order valence-corrected chi connectivity index (χ2v) is 8.40. The fourth-order valence-corrected chi connectivity index (χ4v) is 5.34. The van der Waals surface area contributed by atoms with Crippen molar-refractivity contribution in [3.8, 4) is 11.5 Å². The Kier molecular flexibility index (Phi) is 6.03. The molecule has 0 fully saturated rings. The maximum absolute atomic E-state index is 13.2. The van der Waals surface area contributed by atoms with Crippen LogP contribution >= 0.6 is 0 Å². The second-order valence-electron chi connectivity index (χ2n) is 8.40. The van der Waals surface area contributed by atoms with E-state index in [2.05, 4.69) is 17.5 Å². The van der Waals surface area contributed by atoms with Crippen LogP contribution in [0.5, 0.6) is 11.5 Å². The molecule has 2 aliphatic carbocycles. The Balaban J connectivity index is 1.98. The standard InChI is InChI=1S/C26H31NO4/c1-5-9-16-14-17(15-22(31-6-2)26(16)30-4)23-24-18(10-7-12-20(24)28)27(3)19-11-8-13-21(29)25(19)23/h5,14-15,23H,1,6-13H2,2-4H3. The van der Waals surface area contributed by atoms with Crippen molar-refractivity contribution in [1.82, 2.24) is 4.90 Å². The minimum Gasteiger partial charge on any atom is -0.493 e. The fraction of sp³-hybridized carbons (Fsp3) is 0.462. The molecule has 0 unspecified atom stereocenters. The van der Waals surface area contributed by atoms with Crippen molar-refractivity contribution in [2.45, 2.75) is 57.8 Å². The predicted molar refractivity (Wildman–Crippen MR) is 120 cm³/mol. The quantitative estimate of drug-likeness (QED) is 0.614. The van der Waals surface area contributed by atoms with Crippen molar-refractivity contribution in [2.75, 3.05) is 20.8 Å². The number of carbonyl (C=O) groups excluding carboxylic acids is 2. The molecule has 3 aliphatic rings. The Morgan fingerprint density at radius 2 is 1.68 bits per heavy atom. The molecule has 0 amide bonds. The number of carbonyl (C=O) groups is 2. The molecule has 0 saturated heterocycles. The average molecular weight is 422 g/mol. The van der Waals surface area contributed by atoms with Crippen LogP contribution in [0.3, 0.4) is 0 Å². The molecule has 5 nitrogen and oxygen atoms in total. The Bertz CT molecular complexity index is 957. The minimum absolute atomic E-state index is 0.155. The van der Waals surface area contributed by atoms with E-state index < -0.39 is 0 Å². The van der Waals surface area contributed by atoms with Crippen LogP contribution in [-0.2, 0) is 16.0 Å². The van der Waals surface area contributed by atoms with Gasteiger partial charge < -0.3 is 14.4 Å². The maximum Gasteiger partial charge on any atom is 0.164 e. The smallest absolute Gasteiger partial charge is 0.164 e. The molecule has 0 spiro atoms. The van der Waals surface area contributed by atoms with Crippen LogP contribution in [0.1, 0.15) is 62.5 Å². The van der Waals surface area contributed by atoms with Gasteiger partial charge in [-0.05, 0) is 50.7 Å². The van der Waals surface area contributed by atoms with Gasteiger partial charge in [0.1, 0.15) is 0 Å². The van der Waals surface area contributed by atoms with Gasteiger partial charge in [-0.1, -0.05) is 12.1 Å². The summed E-state index contributed by atoms with van der Waals surface area (Å²) in [6, 6.07) is 4.03. The highest BCUT2D eigenvalue weighted by Crippen LogP contribution is 2.50. The zero-order chi connectivity index (χ0) is 22.1. The molecule has 1 heterocycles. The number of ether oxygens (including phenoxy) is 2. The highest BCUT2D eigenvalue weighted by molar-refractivity contribution is 6.06. The van der Waals surface area contributed by atoms with Gasteiger partial charge in [0.25, 0.3) is 0 Å².